The highest BCUT2D eigenvalue weighted by Crippen LogP contribution is 2.36. The molecule has 33 heavy (non-hydrogen) atoms. The molecule has 1 aliphatic rings. The van der Waals surface area contributed by atoms with Gasteiger partial charge in [0, 0.05) is 11.6 Å². The van der Waals surface area contributed by atoms with Crippen LogP contribution in [-0.4, -0.2) is 16.0 Å². The van der Waals surface area contributed by atoms with Crippen LogP contribution in [0.1, 0.15) is 11.3 Å². The molecular formula is C27H19FN2O2S. The maximum Gasteiger partial charge on any atom is 0.267 e. The zero-order chi connectivity index (χ0) is 22.6. The zero-order valence-electron chi connectivity index (χ0n) is 17.5. The quantitative estimate of drug-likeness (QED) is 0.309. The largest absolute Gasteiger partial charge is 0.457 e. The maximum absolute atomic E-state index is 13.3. The molecular weight excluding hydrogens is 435 g/mol. The monoisotopic (exact) mass is 454 g/mol. The van der Waals surface area contributed by atoms with Crippen LogP contribution in [0.3, 0.4) is 0 Å². The number of para-hydroxylation sites is 1. The van der Waals surface area contributed by atoms with E-state index in [2.05, 4.69) is 0 Å². The van der Waals surface area contributed by atoms with Gasteiger partial charge >= 0.3 is 0 Å². The van der Waals surface area contributed by atoms with E-state index in [1.54, 1.807) is 29.2 Å². The Bertz CT molecular complexity index is 1330. The predicted octanol–water partition coefficient (Wildman–Crippen LogP) is 6.89. The van der Waals surface area contributed by atoms with Gasteiger partial charge in [-0.1, -0.05) is 48.5 Å². The summed E-state index contributed by atoms with van der Waals surface area (Å²) >= 11 is 1.32. The fourth-order valence-electron chi connectivity index (χ4n) is 3.44. The lowest BCUT2D eigenvalue weighted by Gasteiger charge is -2.15. The number of carbonyl (C=O) groups is 1. The van der Waals surface area contributed by atoms with Crippen molar-refractivity contribution in [1.82, 2.24) is 4.90 Å². The number of halogens is 1. The van der Waals surface area contributed by atoms with E-state index in [4.69, 9.17) is 9.41 Å². The first-order chi connectivity index (χ1) is 16.2. The molecule has 0 unspecified atom stereocenters. The van der Waals surface area contributed by atoms with Gasteiger partial charge in [0.25, 0.3) is 5.91 Å². The summed E-state index contributed by atoms with van der Waals surface area (Å²) in [5, 5.41) is 0.617. The van der Waals surface area contributed by atoms with Gasteiger partial charge < -0.3 is 4.42 Å². The first-order valence-corrected chi connectivity index (χ1v) is 11.2. The van der Waals surface area contributed by atoms with E-state index in [9.17, 15) is 9.18 Å². The number of rotatable bonds is 5. The summed E-state index contributed by atoms with van der Waals surface area (Å²) in [6.45, 7) is 0.425. The van der Waals surface area contributed by atoms with E-state index in [1.165, 1.54) is 23.9 Å². The van der Waals surface area contributed by atoms with Crippen molar-refractivity contribution in [2.75, 3.05) is 0 Å². The number of aliphatic imine (C=N–C) groups is 1. The topological polar surface area (TPSA) is 45.8 Å². The highest BCUT2D eigenvalue weighted by Gasteiger charge is 2.33. The number of furan rings is 1. The van der Waals surface area contributed by atoms with Gasteiger partial charge in [0.05, 0.1) is 17.1 Å². The molecule has 1 saturated heterocycles. The van der Waals surface area contributed by atoms with Gasteiger partial charge in [0.1, 0.15) is 17.3 Å². The minimum Gasteiger partial charge on any atom is -0.457 e. The Hall–Kier alpha value is -3.90. The van der Waals surface area contributed by atoms with Crippen LogP contribution in [0.15, 0.2) is 111 Å². The third-order valence-corrected chi connectivity index (χ3v) is 6.09. The minimum atomic E-state index is -0.302. The molecule has 2 heterocycles. The van der Waals surface area contributed by atoms with E-state index < -0.39 is 0 Å². The zero-order valence-corrected chi connectivity index (χ0v) is 18.3. The number of hydrogen-bond acceptors (Lipinski definition) is 4. The summed E-state index contributed by atoms with van der Waals surface area (Å²) in [4.78, 5) is 20.2. The third-order valence-electron chi connectivity index (χ3n) is 5.08. The second-order valence-corrected chi connectivity index (χ2v) is 8.44. The van der Waals surface area contributed by atoms with Crippen molar-refractivity contribution in [3.63, 3.8) is 0 Å². The van der Waals surface area contributed by atoms with Crippen LogP contribution in [-0.2, 0) is 11.3 Å². The second kappa shape index (κ2) is 9.30. The summed E-state index contributed by atoms with van der Waals surface area (Å²) < 4.78 is 19.1. The van der Waals surface area contributed by atoms with Crippen LogP contribution in [0, 0.1) is 5.82 Å². The number of thioether (sulfide) groups is 1. The molecule has 162 valence electrons. The van der Waals surface area contributed by atoms with Gasteiger partial charge in [-0.2, -0.15) is 0 Å². The van der Waals surface area contributed by atoms with Crippen LogP contribution in [0.25, 0.3) is 17.4 Å². The average molecular weight is 455 g/mol. The molecule has 3 aromatic carbocycles. The molecule has 0 saturated carbocycles. The Morgan fingerprint density at radius 2 is 1.58 bits per heavy atom. The van der Waals surface area contributed by atoms with Gasteiger partial charge in [0.15, 0.2) is 5.17 Å². The molecule has 0 radical (unpaired) electrons. The minimum absolute atomic E-state index is 0.127. The normalized spacial score (nSPS) is 16.2. The third kappa shape index (κ3) is 4.81. The van der Waals surface area contributed by atoms with E-state index in [-0.39, 0.29) is 11.7 Å². The number of hydrogen-bond donors (Lipinski definition) is 0. The lowest BCUT2D eigenvalue weighted by atomic mass is 10.2. The first kappa shape index (κ1) is 21.0. The molecule has 0 bridgehead atoms. The molecule has 6 heteroatoms. The Kier molecular flexibility index (Phi) is 5.91. The van der Waals surface area contributed by atoms with Crippen molar-refractivity contribution in [2.24, 2.45) is 4.99 Å². The van der Waals surface area contributed by atoms with Crippen molar-refractivity contribution in [2.45, 2.75) is 6.54 Å². The van der Waals surface area contributed by atoms with Crippen LogP contribution in [0.5, 0.6) is 0 Å². The van der Waals surface area contributed by atoms with Crippen molar-refractivity contribution in [1.29, 1.82) is 0 Å². The number of amidine groups is 1. The summed E-state index contributed by atoms with van der Waals surface area (Å²) in [5.41, 5.74) is 2.57. The molecule has 5 rings (SSSR count). The SMILES string of the molecule is O=C1/C(=C\c2ccc(-c3ccc(F)cc3)o2)SC(=Nc2ccccc2)N1Cc1ccccc1. The van der Waals surface area contributed by atoms with Crippen LogP contribution in [0.4, 0.5) is 10.1 Å². The molecule has 1 amide bonds. The fourth-order valence-corrected chi connectivity index (χ4v) is 4.42. The smallest absolute Gasteiger partial charge is 0.267 e. The van der Waals surface area contributed by atoms with Crippen LogP contribution in [0.2, 0.25) is 0 Å². The number of carbonyl (C=O) groups excluding carboxylic acids is 1. The molecule has 0 spiro atoms. The molecule has 1 aromatic heterocycles. The molecule has 1 aliphatic heterocycles. The summed E-state index contributed by atoms with van der Waals surface area (Å²) in [6, 6.07) is 29.1. The number of amides is 1. The lowest BCUT2D eigenvalue weighted by Crippen LogP contribution is -2.28. The Balaban J connectivity index is 1.45. The number of nitrogens with zero attached hydrogens (tertiary/aromatic N) is 2. The standard InChI is InChI=1S/C27H19FN2O2S/c28-21-13-11-20(12-14-21)24-16-15-23(32-24)17-25-26(31)30(18-19-7-3-1-4-8-19)27(33-25)29-22-9-5-2-6-10-22/h1-17H,18H2/b25-17+,29-27?. The Morgan fingerprint density at radius 1 is 0.879 bits per heavy atom. The van der Waals surface area contributed by atoms with Gasteiger partial charge in [-0.15, -0.1) is 0 Å². The fraction of sp³-hybridized carbons (Fsp3) is 0.0370. The van der Waals surface area contributed by atoms with Crippen LogP contribution >= 0.6 is 11.8 Å². The van der Waals surface area contributed by atoms with E-state index in [0.29, 0.717) is 28.1 Å². The molecule has 4 aromatic rings. The Morgan fingerprint density at radius 3 is 2.30 bits per heavy atom. The number of benzene rings is 3. The van der Waals surface area contributed by atoms with Crippen molar-refractivity contribution in [3.8, 4) is 11.3 Å². The highest BCUT2D eigenvalue weighted by molar-refractivity contribution is 8.18. The predicted molar refractivity (Wildman–Crippen MR) is 130 cm³/mol. The molecule has 0 atom stereocenters. The van der Waals surface area contributed by atoms with Gasteiger partial charge in [-0.05, 0) is 65.9 Å². The van der Waals surface area contributed by atoms with Crippen molar-refractivity contribution < 1.29 is 13.6 Å². The van der Waals surface area contributed by atoms with Crippen LogP contribution < -0.4 is 0 Å². The molecule has 1 fully saturated rings. The molecule has 4 nitrogen and oxygen atoms in total. The van der Waals surface area contributed by atoms with Crippen molar-refractivity contribution >= 4 is 34.6 Å². The van der Waals surface area contributed by atoms with Gasteiger partial charge in [-0.3, -0.25) is 9.69 Å². The van der Waals surface area contributed by atoms with Crippen molar-refractivity contribution in [3.05, 3.63) is 119 Å². The maximum atomic E-state index is 13.3. The average Bonchev–Trinajstić information content (AvgIpc) is 3.42. The van der Waals surface area contributed by atoms with Gasteiger partial charge in [0.2, 0.25) is 0 Å². The van der Waals surface area contributed by atoms with E-state index in [1.807, 2.05) is 66.7 Å². The van der Waals surface area contributed by atoms with E-state index in [0.717, 1.165) is 16.8 Å². The second-order valence-electron chi connectivity index (χ2n) is 7.43. The molecule has 0 aliphatic carbocycles. The van der Waals surface area contributed by atoms with Gasteiger partial charge in [-0.25, -0.2) is 9.38 Å². The molecule has 0 N–H and O–H groups in total. The first-order valence-electron chi connectivity index (χ1n) is 10.4. The summed E-state index contributed by atoms with van der Waals surface area (Å²) in [7, 11) is 0. The Labute approximate surface area is 195 Å². The lowest BCUT2D eigenvalue weighted by molar-refractivity contribution is -0.122. The highest BCUT2D eigenvalue weighted by atomic mass is 32.2. The summed E-state index contributed by atoms with van der Waals surface area (Å²) in [5.74, 6) is 0.727. The van der Waals surface area contributed by atoms with E-state index >= 15 is 0 Å². The summed E-state index contributed by atoms with van der Waals surface area (Å²) in [6.07, 6.45) is 1.73.